The lowest BCUT2D eigenvalue weighted by molar-refractivity contribution is -0.144. The Labute approximate surface area is 203 Å². The summed E-state index contributed by atoms with van der Waals surface area (Å²) in [5.74, 6) is -2.00. The van der Waals surface area contributed by atoms with Gasteiger partial charge in [-0.3, -0.25) is 9.79 Å². The van der Waals surface area contributed by atoms with Crippen molar-refractivity contribution in [3.63, 3.8) is 0 Å². The van der Waals surface area contributed by atoms with Crippen molar-refractivity contribution in [2.45, 2.75) is 38.1 Å². The maximum atomic E-state index is 13.7. The van der Waals surface area contributed by atoms with E-state index < -0.39 is 23.7 Å². The lowest BCUT2D eigenvalue weighted by Gasteiger charge is -2.19. The van der Waals surface area contributed by atoms with Crippen LogP contribution in [0, 0.1) is 11.6 Å². The largest absolute Gasteiger partial charge is 0.467 e. The molecule has 1 fully saturated rings. The molecule has 184 valence electrons. The SMILES string of the molecule is CN=C1/C(=C(\N)C(=O)N[C@H](Cc2ccc(F)cc2)C(=O)OC)CCCC/C1=C\c1cccc(F)c1. The number of nitrogens with one attached hydrogen (secondary N) is 1. The van der Waals surface area contributed by atoms with Crippen LogP contribution < -0.4 is 11.1 Å². The number of carbonyl (C=O) groups excluding carboxylic acids is 2. The molecule has 2 aromatic rings. The van der Waals surface area contributed by atoms with Gasteiger partial charge in [0.1, 0.15) is 23.4 Å². The maximum Gasteiger partial charge on any atom is 0.328 e. The van der Waals surface area contributed by atoms with Gasteiger partial charge in [0.25, 0.3) is 5.91 Å². The lowest BCUT2D eigenvalue weighted by atomic mass is 9.96. The molecular weight excluding hydrogens is 452 g/mol. The Bertz CT molecular complexity index is 1170. The van der Waals surface area contributed by atoms with E-state index in [4.69, 9.17) is 10.5 Å². The van der Waals surface area contributed by atoms with Crippen molar-refractivity contribution >= 4 is 23.7 Å². The molecule has 3 rings (SSSR count). The summed E-state index contributed by atoms with van der Waals surface area (Å²) in [6.07, 6.45) is 4.85. The number of aliphatic imine (C=N–C) groups is 1. The van der Waals surface area contributed by atoms with E-state index in [1.54, 1.807) is 19.2 Å². The Kier molecular flexibility index (Phi) is 8.89. The topological polar surface area (TPSA) is 93.8 Å². The standard InChI is InChI=1S/C27H29F2N3O3/c1-31-25-19(14-18-6-5-8-21(29)15-18)7-3-4-9-22(25)24(30)26(33)32-23(27(34)35-2)16-17-10-12-20(28)13-11-17/h5-6,8,10-15,23H,3-4,7,9,16,30H2,1-2H3,(H,32,33)/b19-14+,24-22-,31-25?/t23-/m1/s1. The number of amides is 1. The molecule has 0 heterocycles. The minimum atomic E-state index is -1.01. The van der Waals surface area contributed by atoms with Crippen molar-refractivity contribution in [3.05, 3.63) is 88.1 Å². The van der Waals surface area contributed by atoms with E-state index in [0.717, 1.165) is 18.4 Å². The van der Waals surface area contributed by atoms with Crippen LogP contribution in [0.15, 0.2) is 70.4 Å². The van der Waals surface area contributed by atoms with Gasteiger partial charge in [-0.2, -0.15) is 0 Å². The van der Waals surface area contributed by atoms with E-state index in [0.29, 0.717) is 35.3 Å². The summed E-state index contributed by atoms with van der Waals surface area (Å²) in [7, 11) is 2.85. The van der Waals surface area contributed by atoms with Gasteiger partial charge < -0.3 is 15.8 Å². The molecule has 3 N–H and O–H groups in total. The molecule has 0 saturated heterocycles. The number of ether oxygens (including phenoxy) is 1. The van der Waals surface area contributed by atoms with Gasteiger partial charge in [0.2, 0.25) is 0 Å². The van der Waals surface area contributed by atoms with Crippen LogP contribution in [0.1, 0.15) is 36.8 Å². The molecule has 35 heavy (non-hydrogen) atoms. The molecule has 0 spiro atoms. The zero-order chi connectivity index (χ0) is 25.4. The second-order valence-corrected chi connectivity index (χ2v) is 8.28. The van der Waals surface area contributed by atoms with Crippen LogP contribution in [-0.4, -0.2) is 37.8 Å². The second-order valence-electron chi connectivity index (χ2n) is 8.28. The fourth-order valence-corrected chi connectivity index (χ4v) is 4.09. The number of carbonyl (C=O) groups is 2. The summed E-state index contributed by atoms with van der Waals surface area (Å²) in [6, 6.07) is 10.9. The molecular formula is C27H29F2N3O3. The van der Waals surface area contributed by atoms with Crippen molar-refractivity contribution < 1.29 is 23.1 Å². The number of rotatable bonds is 6. The molecule has 6 nitrogen and oxygen atoms in total. The van der Waals surface area contributed by atoms with Gasteiger partial charge >= 0.3 is 5.97 Å². The first-order valence-electron chi connectivity index (χ1n) is 11.4. The summed E-state index contributed by atoms with van der Waals surface area (Å²) < 4.78 is 31.8. The summed E-state index contributed by atoms with van der Waals surface area (Å²) >= 11 is 0. The average Bonchev–Trinajstić information content (AvgIpc) is 3.05. The Balaban J connectivity index is 1.89. The quantitative estimate of drug-likeness (QED) is 0.369. The number of nitrogens with zero attached hydrogens (tertiary/aromatic N) is 1. The second kappa shape index (κ2) is 12.1. The molecule has 2 aromatic carbocycles. The number of methoxy groups -OCH3 is 1. The van der Waals surface area contributed by atoms with Crippen molar-refractivity contribution in [3.8, 4) is 0 Å². The van der Waals surface area contributed by atoms with E-state index in [-0.39, 0.29) is 17.9 Å². The maximum absolute atomic E-state index is 13.7. The highest BCUT2D eigenvalue weighted by molar-refractivity contribution is 6.18. The first kappa shape index (κ1) is 25.8. The number of benzene rings is 2. The molecule has 1 atom stereocenters. The van der Waals surface area contributed by atoms with Gasteiger partial charge in [0, 0.05) is 19.0 Å². The van der Waals surface area contributed by atoms with Crippen molar-refractivity contribution in [1.29, 1.82) is 0 Å². The molecule has 1 aliphatic carbocycles. The van der Waals surface area contributed by atoms with Crippen LogP contribution in [0.3, 0.4) is 0 Å². The highest BCUT2D eigenvalue weighted by Crippen LogP contribution is 2.28. The number of halogens is 2. The minimum absolute atomic E-state index is 0.0364. The number of esters is 1. The summed E-state index contributed by atoms with van der Waals surface area (Å²) in [5, 5.41) is 2.65. The molecule has 1 saturated carbocycles. The Morgan fingerprint density at radius 2 is 1.83 bits per heavy atom. The van der Waals surface area contributed by atoms with Crippen LogP contribution in [0.5, 0.6) is 0 Å². The zero-order valence-electron chi connectivity index (χ0n) is 19.8. The van der Waals surface area contributed by atoms with Crippen LogP contribution in [0.2, 0.25) is 0 Å². The summed E-state index contributed by atoms with van der Waals surface area (Å²) in [5.41, 5.74) is 9.64. The van der Waals surface area contributed by atoms with E-state index in [1.165, 1.54) is 43.5 Å². The van der Waals surface area contributed by atoms with Gasteiger partial charge in [-0.1, -0.05) is 24.3 Å². The molecule has 8 heteroatoms. The average molecular weight is 482 g/mol. The summed E-state index contributed by atoms with van der Waals surface area (Å²) in [6.45, 7) is 0. The monoisotopic (exact) mass is 481 g/mol. The van der Waals surface area contributed by atoms with Crippen LogP contribution in [0.4, 0.5) is 8.78 Å². The number of hydrogen-bond donors (Lipinski definition) is 2. The fraction of sp³-hybridized carbons (Fsp3) is 0.296. The number of allylic oxidation sites excluding steroid dienone is 2. The van der Waals surface area contributed by atoms with Gasteiger partial charge in [0.05, 0.1) is 12.8 Å². The fourth-order valence-electron chi connectivity index (χ4n) is 4.09. The molecule has 1 amide bonds. The smallest absolute Gasteiger partial charge is 0.328 e. The normalized spacial score (nSPS) is 18.6. The predicted molar refractivity (Wildman–Crippen MR) is 131 cm³/mol. The van der Waals surface area contributed by atoms with Crippen molar-refractivity contribution in [1.82, 2.24) is 5.32 Å². The molecule has 0 radical (unpaired) electrons. The Hall–Kier alpha value is -3.81. The van der Waals surface area contributed by atoms with Crippen molar-refractivity contribution in [2.75, 3.05) is 14.2 Å². The van der Waals surface area contributed by atoms with Crippen LogP contribution in [-0.2, 0) is 20.7 Å². The van der Waals surface area contributed by atoms with Gasteiger partial charge in [-0.25, -0.2) is 13.6 Å². The Morgan fingerprint density at radius 1 is 1.11 bits per heavy atom. The predicted octanol–water partition coefficient (Wildman–Crippen LogP) is 4.11. The van der Waals surface area contributed by atoms with Crippen molar-refractivity contribution in [2.24, 2.45) is 10.7 Å². The summed E-state index contributed by atoms with van der Waals surface area (Å²) in [4.78, 5) is 29.9. The number of hydrogen-bond acceptors (Lipinski definition) is 5. The minimum Gasteiger partial charge on any atom is -0.467 e. The third-order valence-corrected chi connectivity index (χ3v) is 5.84. The molecule has 1 aliphatic rings. The first-order chi connectivity index (χ1) is 16.8. The van der Waals surface area contributed by atoms with Gasteiger partial charge in [0.15, 0.2) is 0 Å². The highest BCUT2D eigenvalue weighted by atomic mass is 19.1. The molecule has 0 aliphatic heterocycles. The third-order valence-electron chi connectivity index (χ3n) is 5.84. The van der Waals surface area contributed by atoms with E-state index in [9.17, 15) is 18.4 Å². The van der Waals surface area contributed by atoms with Gasteiger partial charge in [-0.05, 0) is 72.7 Å². The first-order valence-corrected chi connectivity index (χ1v) is 11.4. The zero-order valence-corrected chi connectivity index (χ0v) is 19.8. The third kappa shape index (κ3) is 6.85. The molecule has 0 unspecified atom stereocenters. The highest BCUT2D eigenvalue weighted by Gasteiger charge is 2.26. The number of nitrogens with two attached hydrogens (primary N) is 1. The van der Waals surface area contributed by atoms with Crippen LogP contribution in [0.25, 0.3) is 6.08 Å². The molecule has 0 bridgehead atoms. The van der Waals surface area contributed by atoms with Gasteiger partial charge in [-0.15, -0.1) is 0 Å². The lowest BCUT2D eigenvalue weighted by Crippen LogP contribution is -2.45. The van der Waals surface area contributed by atoms with Crippen LogP contribution >= 0.6 is 0 Å². The van der Waals surface area contributed by atoms with E-state index >= 15 is 0 Å². The van der Waals surface area contributed by atoms with E-state index in [1.807, 2.05) is 6.08 Å². The van der Waals surface area contributed by atoms with E-state index in [2.05, 4.69) is 10.3 Å². The molecule has 0 aromatic heterocycles. The Morgan fingerprint density at radius 3 is 2.49 bits per heavy atom.